The predicted octanol–water partition coefficient (Wildman–Crippen LogP) is -3.40. The third-order valence-electron chi connectivity index (χ3n) is 18.3. The van der Waals surface area contributed by atoms with Gasteiger partial charge in [0.2, 0.25) is 70.8 Å². The van der Waals surface area contributed by atoms with Crippen molar-refractivity contribution in [1.29, 1.82) is 0 Å². The zero-order valence-corrected chi connectivity index (χ0v) is 59.6. The summed E-state index contributed by atoms with van der Waals surface area (Å²) in [6.45, 7) is 8.00. The molecule has 5 aliphatic rings. The molecule has 2 fully saturated rings. The monoisotopic (exact) mass is 1490 g/mol. The number of ketones is 2. The van der Waals surface area contributed by atoms with Gasteiger partial charge < -0.3 is 101 Å². The number of amides is 12. The molecule has 23 N–H and O–H groups in total. The summed E-state index contributed by atoms with van der Waals surface area (Å²) in [4.78, 5) is 188. The van der Waals surface area contributed by atoms with Crippen molar-refractivity contribution in [1.82, 2.24) is 47.0 Å². The van der Waals surface area contributed by atoms with Crippen molar-refractivity contribution in [3.8, 4) is 11.5 Å². The number of Topliss-reactive ketones (excluding diaryl/α,β-unsaturated/α-hetero) is 2. The standard InChI is InChI=1S/C43H66N12O12S2.C22H24N2O8.ClH/c1-5-22(4)35-42(66)49-26(12-13-32(45)57)38(62)51-29(17-33(46)58)39(63)53-30(20-69-68-19-25(44)36(60)50-28(40(64)54-35)16-23-8-10-24(56)11-9-23)43(67)55-14-6-7-31(55)41(65)52-27(15-21(2)3)37(61)48-18-34(47)59;1-21(31)8-5-4-6-11(25)12(8)16(26)13-9(21)7-10-15(24(2)3)17(27)14(20(23)30)19(29)22(10,32)18(13)28;/h8-11,21-22,25-31,35,56H,5-7,12-20,44H2,1-4H3,(H2,45,57)(H2,46,58)(H2,47,59)(H,48,61)(H,49,66)(H,50,60)(H,51,62)(H,52,65)(H,53,63)(H,54,64);4-6,9-10,15,25,27-28,31-32H,7H2,1-3H3,(H2,23,30);1H/t22-,25-,26-,27-,28-,29-,30-,31-,35-;9-,10-,15-,21+,22-;/m00./s1. The van der Waals surface area contributed by atoms with Gasteiger partial charge in [0.25, 0.3) is 5.91 Å². The number of phenols is 2. The molecule has 37 heteroatoms. The van der Waals surface area contributed by atoms with Crippen LogP contribution in [-0.4, -0.2) is 222 Å². The molecule has 2 saturated heterocycles. The van der Waals surface area contributed by atoms with Gasteiger partial charge in [0.05, 0.1) is 36.2 Å². The number of benzene rings is 2. The van der Waals surface area contributed by atoms with E-state index in [2.05, 4.69) is 37.2 Å². The number of nitrogens with two attached hydrogens (primary N) is 5. The fourth-order valence-electron chi connectivity index (χ4n) is 12.9. The van der Waals surface area contributed by atoms with Gasteiger partial charge in [-0.3, -0.25) is 72.0 Å². The molecule has 2 aromatic carbocycles. The minimum Gasteiger partial charge on any atom is -0.510 e. The van der Waals surface area contributed by atoms with Crippen LogP contribution in [0, 0.1) is 23.7 Å². The molecule has 34 nitrogen and oxygen atoms in total. The molecule has 0 radical (unpaired) electrons. The molecule has 2 aromatic rings. The van der Waals surface area contributed by atoms with Crippen LogP contribution < -0.4 is 65.9 Å². The summed E-state index contributed by atoms with van der Waals surface area (Å²) in [5.74, 6) is -18.3. The first-order valence-electron chi connectivity index (χ1n) is 32.5. The molecule has 14 atom stereocenters. The number of hydrogen-bond acceptors (Lipinski definition) is 24. The lowest BCUT2D eigenvalue weighted by molar-refractivity contribution is -0.152. The van der Waals surface area contributed by atoms with Gasteiger partial charge in [-0.2, -0.15) is 0 Å². The van der Waals surface area contributed by atoms with Gasteiger partial charge in [-0.05, 0) is 94.3 Å². The van der Waals surface area contributed by atoms with Crippen LogP contribution in [0.4, 0.5) is 0 Å². The van der Waals surface area contributed by atoms with Crippen LogP contribution in [0.15, 0.2) is 65.1 Å². The third-order valence-corrected chi connectivity index (χ3v) is 20.8. The summed E-state index contributed by atoms with van der Waals surface area (Å²) in [5, 5.41) is 82.7. The molecule has 102 heavy (non-hydrogen) atoms. The topological polar surface area (TPSA) is 581 Å². The highest BCUT2D eigenvalue weighted by molar-refractivity contribution is 8.76. The second kappa shape index (κ2) is 35.7. The summed E-state index contributed by atoms with van der Waals surface area (Å²) in [6.07, 6.45) is -0.894. The largest absolute Gasteiger partial charge is 0.510 e. The van der Waals surface area contributed by atoms with E-state index in [4.69, 9.17) is 28.7 Å². The van der Waals surface area contributed by atoms with Gasteiger partial charge in [0, 0.05) is 48.3 Å². The summed E-state index contributed by atoms with van der Waals surface area (Å²) in [6, 6.07) is -2.00. The smallest absolute Gasteiger partial charge is 0.255 e. The highest BCUT2D eigenvalue weighted by Gasteiger charge is 2.66. The summed E-state index contributed by atoms with van der Waals surface area (Å²) in [7, 11) is 5.11. The number of nitrogens with one attached hydrogen (secondary N) is 7. The molecule has 0 aromatic heterocycles. The van der Waals surface area contributed by atoms with Crippen LogP contribution in [0.2, 0.25) is 0 Å². The summed E-state index contributed by atoms with van der Waals surface area (Å²) >= 11 is 0. The van der Waals surface area contributed by atoms with Gasteiger partial charge in [-0.1, -0.05) is 80.0 Å². The molecule has 0 saturated carbocycles. The first kappa shape index (κ1) is 83.6. The zero-order chi connectivity index (χ0) is 75.4. The van der Waals surface area contributed by atoms with Crippen molar-refractivity contribution < 1.29 is 97.8 Å². The number of aliphatic hydroxyl groups is 4. The number of carbonyl (C=O) groups is 14. The van der Waals surface area contributed by atoms with Crippen LogP contribution in [0.1, 0.15) is 107 Å². The Labute approximate surface area is 600 Å². The van der Waals surface area contributed by atoms with Crippen LogP contribution in [-0.2, 0) is 74.4 Å². The number of aromatic hydroxyl groups is 2. The molecule has 12 amide bonds. The Kier molecular flexibility index (Phi) is 29.3. The average Bonchev–Trinajstić information content (AvgIpc) is 0.765. The molecule has 2 aliphatic heterocycles. The van der Waals surface area contributed by atoms with Crippen molar-refractivity contribution in [2.24, 2.45) is 52.3 Å². The second-order valence-corrected chi connectivity index (χ2v) is 28.9. The van der Waals surface area contributed by atoms with E-state index < -0.39 is 220 Å². The van der Waals surface area contributed by atoms with Crippen LogP contribution in [0.5, 0.6) is 11.5 Å². The van der Waals surface area contributed by atoms with E-state index in [0.717, 1.165) is 21.6 Å². The number of phenolic OH excluding ortho intramolecular Hbond substituents is 2. The van der Waals surface area contributed by atoms with E-state index in [0.29, 0.717) is 18.4 Å². The lowest BCUT2D eigenvalue weighted by Gasteiger charge is -2.52. The summed E-state index contributed by atoms with van der Waals surface area (Å²) in [5.41, 5.74) is 22.3. The van der Waals surface area contributed by atoms with Gasteiger partial charge >= 0.3 is 0 Å². The van der Waals surface area contributed by atoms with Crippen LogP contribution in [0.25, 0.3) is 0 Å². The number of halogens is 1. The molecule has 3 aliphatic carbocycles. The minimum absolute atomic E-state index is 0. The van der Waals surface area contributed by atoms with Gasteiger partial charge in [0.1, 0.15) is 70.9 Å². The normalized spacial score (nSPS) is 27.2. The lowest BCUT2D eigenvalue weighted by atomic mass is 9.55. The highest BCUT2D eigenvalue weighted by Crippen LogP contribution is 2.56. The second-order valence-electron chi connectivity index (χ2n) is 26.4. The first-order valence-corrected chi connectivity index (χ1v) is 35.0. The lowest BCUT2D eigenvalue weighted by Crippen LogP contribution is -2.65. The van der Waals surface area contributed by atoms with E-state index in [1.54, 1.807) is 13.8 Å². The molecule has 7 rings (SSSR count). The van der Waals surface area contributed by atoms with Crippen LogP contribution in [0.3, 0.4) is 0 Å². The maximum atomic E-state index is 14.5. The van der Waals surface area contributed by atoms with E-state index in [1.165, 1.54) is 73.3 Å². The Balaban J connectivity index is 0.000000468. The number of fused-ring (bicyclic) bond motifs is 3. The zero-order valence-electron chi connectivity index (χ0n) is 57.1. The molecule has 2 heterocycles. The predicted molar refractivity (Wildman–Crippen MR) is 371 cm³/mol. The van der Waals surface area contributed by atoms with Gasteiger partial charge in [0.15, 0.2) is 11.4 Å². The quantitative estimate of drug-likeness (QED) is 0.0481. The number of rotatable bonds is 19. The SMILES string of the molecule is CC[C@H](C)[C@@H]1NC(=O)[C@H](Cc2ccc(O)cc2)NC(=O)[C@@H](N)CSSC[C@@H](C(=O)N2CCC[C@H]2C(=O)N[C@@H](CC(C)C)C(=O)NCC(N)=O)NC(=O)[C@H](CC(N)=O)NC(=O)[C@H](CCC(N)=O)NC1=O.CN(C)[C@@H]1C(O)=C(C(N)=O)C(=O)[C@@]2(O)C(O)=C3C(=O)c4c(O)cccc4[C@@](C)(O)[C@H]3C[C@@H]12.Cl. The Hall–Kier alpha value is -9.07. The summed E-state index contributed by atoms with van der Waals surface area (Å²) < 4.78 is 0. The van der Waals surface area contributed by atoms with E-state index in [9.17, 15) is 97.8 Å². The van der Waals surface area contributed by atoms with Crippen molar-refractivity contribution >= 4 is 116 Å². The van der Waals surface area contributed by atoms with Crippen molar-refractivity contribution in [3.05, 3.63) is 81.8 Å². The highest BCUT2D eigenvalue weighted by atomic mass is 35.5. The maximum absolute atomic E-state index is 14.5. The maximum Gasteiger partial charge on any atom is 0.255 e. The number of aliphatic hydroxyl groups excluding tert-OH is 2. The third kappa shape index (κ3) is 19.6. The van der Waals surface area contributed by atoms with Gasteiger partial charge in [-0.15, -0.1) is 12.4 Å². The number of likely N-dealkylation sites (N-methyl/N-ethyl adjacent to an activating group) is 1. The Morgan fingerprint density at radius 3 is 1.96 bits per heavy atom. The number of hydrogen-bond donors (Lipinski definition) is 18. The average molecular weight is 1490 g/mol. The Bertz CT molecular complexity index is 3650. The number of primary amides is 4. The Morgan fingerprint density at radius 1 is 0.765 bits per heavy atom. The van der Waals surface area contributed by atoms with Crippen molar-refractivity contribution in [2.45, 2.75) is 158 Å². The van der Waals surface area contributed by atoms with Crippen molar-refractivity contribution in [3.63, 3.8) is 0 Å². The van der Waals surface area contributed by atoms with E-state index in [1.807, 2.05) is 13.8 Å². The number of likely N-dealkylation sites (tertiary alicyclic amines) is 1. The molecule has 0 bridgehead atoms. The fraction of sp³-hybridized carbons (Fsp3) is 0.538. The van der Waals surface area contributed by atoms with E-state index >= 15 is 0 Å². The number of carbonyl (C=O) groups excluding carboxylic acids is 14. The van der Waals surface area contributed by atoms with E-state index in [-0.39, 0.29) is 78.9 Å². The van der Waals surface area contributed by atoms with Crippen LogP contribution >= 0.6 is 34.0 Å². The molecular weight excluding hydrogens is 1400 g/mol. The first-order chi connectivity index (χ1) is 47.3. The minimum atomic E-state index is -2.75. The molecular formula is C65H91ClN14O20S2. The fourth-order valence-corrected chi connectivity index (χ4v) is 15.1. The molecule has 560 valence electrons. The molecule has 0 unspecified atom stereocenters. The van der Waals surface area contributed by atoms with Gasteiger partial charge in [-0.25, -0.2) is 0 Å². The molecule has 0 spiro atoms. The Morgan fingerprint density at radius 2 is 1.37 bits per heavy atom. The van der Waals surface area contributed by atoms with Crippen molar-refractivity contribution in [2.75, 3.05) is 38.7 Å². The number of nitrogens with zero attached hydrogens (tertiary/aromatic N) is 2.